The van der Waals surface area contributed by atoms with Crippen LogP contribution in [0.4, 0.5) is 5.69 Å². The smallest absolute Gasteiger partial charge is 0.0947 e. The summed E-state index contributed by atoms with van der Waals surface area (Å²) in [6.45, 7) is 2.70. The van der Waals surface area contributed by atoms with Gasteiger partial charge in [0, 0.05) is 30.9 Å². The molecule has 0 radical (unpaired) electrons. The van der Waals surface area contributed by atoms with Gasteiger partial charge < -0.3 is 15.1 Å². The highest BCUT2D eigenvalue weighted by molar-refractivity contribution is 5.42. The Labute approximate surface area is 95.5 Å². The van der Waals surface area contributed by atoms with Crippen molar-refractivity contribution in [2.24, 2.45) is 0 Å². The zero-order valence-electron chi connectivity index (χ0n) is 9.15. The van der Waals surface area contributed by atoms with Crippen molar-refractivity contribution in [1.82, 2.24) is 5.32 Å². The van der Waals surface area contributed by atoms with Gasteiger partial charge in [-0.25, -0.2) is 0 Å². The van der Waals surface area contributed by atoms with Crippen LogP contribution in [0.25, 0.3) is 0 Å². The van der Waals surface area contributed by atoms with Crippen LogP contribution in [-0.2, 0) is 6.54 Å². The third kappa shape index (κ3) is 3.44. The second-order valence-corrected chi connectivity index (χ2v) is 3.60. The van der Waals surface area contributed by atoms with Crippen molar-refractivity contribution < 1.29 is 4.42 Å². The Balaban J connectivity index is 1.59. The van der Waals surface area contributed by atoms with Gasteiger partial charge in [-0.3, -0.25) is 0 Å². The van der Waals surface area contributed by atoms with Crippen LogP contribution in [0.5, 0.6) is 0 Å². The Morgan fingerprint density at radius 1 is 1.00 bits per heavy atom. The van der Waals surface area contributed by atoms with Gasteiger partial charge >= 0.3 is 0 Å². The van der Waals surface area contributed by atoms with Crippen molar-refractivity contribution in [3.8, 4) is 0 Å². The van der Waals surface area contributed by atoms with Crippen LogP contribution in [0.2, 0.25) is 0 Å². The standard InChI is InChI=1S/C13H16N2O/c1-2-4-13(5-3-1)15-8-7-14-10-12-6-9-16-11-12/h1-6,9,11,14-15H,7-8,10H2. The maximum absolute atomic E-state index is 4.99. The van der Waals surface area contributed by atoms with E-state index in [4.69, 9.17) is 4.42 Å². The summed E-state index contributed by atoms with van der Waals surface area (Å²) < 4.78 is 4.99. The van der Waals surface area contributed by atoms with E-state index in [1.54, 1.807) is 12.5 Å². The quantitative estimate of drug-likeness (QED) is 0.728. The Kier molecular flexibility index (Phi) is 4.02. The molecule has 0 aliphatic rings. The zero-order chi connectivity index (χ0) is 11.1. The molecule has 0 saturated carbocycles. The molecule has 0 aliphatic carbocycles. The van der Waals surface area contributed by atoms with Crippen molar-refractivity contribution in [2.75, 3.05) is 18.4 Å². The fourth-order valence-corrected chi connectivity index (χ4v) is 1.48. The fraction of sp³-hybridized carbons (Fsp3) is 0.231. The third-order valence-corrected chi connectivity index (χ3v) is 2.31. The molecule has 0 fully saturated rings. The van der Waals surface area contributed by atoms with Crippen molar-refractivity contribution in [1.29, 1.82) is 0 Å². The average Bonchev–Trinajstić information content (AvgIpc) is 2.83. The van der Waals surface area contributed by atoms with E-state index in [1.165, 1.54) is 5.56 Å². The highest BCUT2D eigenvalue weighted by Gasteiger charge is 1.93. The highest BCUT2D eigenvalue weighted by atomic mass is 16.3. The molecule has 16 heavy (non-hydrogen) atoms. The van der Waals surface area contributed by atoms with Crippen LogP contribution >= 0.6 is 0 Å². The first-order valence-electron chi connectivity index (χ1n) is 5.46. The predicted molar refractivity (Wildman–Crippen MR) is 65.3 cm³/mol. The molecule has 3 heteroatoms. The minimum atomic E-state index is 0.854. The molecule has 2 N–H and O–H groups in total. The number of benzene rings is 1. The van der Waals surface area contributed by atoms with Crippen LogP contribution in [0.1, 0.15) is 5.56 Å². The van der Waals surface area contributed by atoms with Gasteiger partial charge in [0.2, 0.25) is 0 Å². The van der Waals surface area contributed by atoms with Gasteiger partial charge in [-0.2, -0.15) is 0 Å². The highest BCUT2D eigenvalue weighted by Crippen LogP contribution is 2.03. The number of furan rings is 1. The van der Waals surface area contributed by atoms with E-state index < -0.39 is 0 Å². The van der Waals surface area contributed by atoms with Gasteiger partial charge in [0.05, 0.1) is 12.5 Å². The van der Waals surface area contributed by atoms with E-state index in [0.717, 1.165) is 25.3 Å². The first-order valence-corrected chi connectivity index (χ1v) is 5.46. The van der Waals surface area contributed by atoms with Gasteiger partial charge in [-0.05, 0) is 18.2 Å². The topological polar surface area (TPSA) is 37.2 Å². The maximum Gasteiger partial charge on any atom is 0.0947 e. The molecule has 0 bridgehead atoms. The number of para-hydroxylation sites is 1. The Hall–Kier alpha value is -1.74. The largest absolute Gasteiger partial charge is 0.472 e. The summed E-state index contributed by atoms with van der Waals surface area (Å²) in [5.41, 5.74) is 2.34. The van der Waals surface area contributed by atoms with E-state index in [9.17, 15) is 0 Å². The molecule has 0 atom stereocenters. The number of hydrogen-bond donors (Lipinski definition) is 2. The first kappa shape index (κ1) is 10.8. The van der Waals surface area contributed by atoms with E-state index in [0.29, 0.717) is 0 Å². The molecule has 1 heterocycles. The lowest BCUT2D eigenvalue weighted by molar-refractivity contribution is 0.561. The van der Waals surface area contributed by atoms with Crippen molar-refractivity contribution in [3.05, 3.63) is 54.5 Å². The van der Waals surface area contributed by atoms with Gasteiger partial charge in [-0.1, -0.05) is 18.2 Å². The summed E-state index contributed by atoms with van der Waals surface area (Å²) in [7, 11) is 0. The van der Waals surface area contributed by atoms with E-state index in [2.05, 4.69) is 22.8 Å². The summed E-state index contributed by atoms with van der Waals surface area (Å²) in [4.78, 5) is 0. The summed E-state index contributed by atoms with van der Waals surface area (Å²) in [5.74, 6) is 0. The summed E-state index contributed by atoms with van der Waals surface area (Å²) in [5, 5.41) is 6.67. The van der Waals surface area contributed by atoms with Crippen molar-refractivity contribution >= 4 is 5.69 Å². The molecule has 84 valence electrons. The van der Waals surface area contributed by atoms with Crippen LogP contribution < -0.4 is 10.6 Å². The van der Waals surface area contributed by atoms with Gasteiger partial charge in [-0.15, -0.1) is 0 Å². The third-order valence-electron chi connectivity index (χ3n) is 2.31. The number of anilines is 1. The van der Waals surface area contributed by atoms with E-state index in [1.807, 2.05) is 24.3 Å². The van der Waals surface area contributed by atoms with Gasteiger partial charge in [0.1, 0.15) is 0 Å². The lowest BCUT2D eigenvalue weighted by Crippen LogP contribution is -2.21. The van der Waals surface area contributed by atoms with Gasteiger partial charge in [0.25, 0.3) is 0 Å². The van der Waals surface area contributed by atoms with Crippen LogP contribution in [-0.4, -0.2) is 13.1 Å². The zero-order valence-corrected chi connectivity index (χ0v) is 9.15. The molecule has 0 spiro atoms. The molecule has 2 aromatic rings. The molecule has 0 aliphatic heterocycles. The van der Waals surface area contributed by atoms with Crippen molar-refractivity contribution in [3.63, 3.8) is 0 Å². The van der Waals surface area contributed by atoms with E-state index >= 15 is 0 Å². The number of rotatable bonds is 6. The Morgan fingerprint density at radius 3 is 2.62 bits per heavy atom. The summed E-state index contributed by atoms with van der Waals surface area (Å²) in [6, 6.07) is 12.2. The Bertz CT molecular complexity index is 384. The normalized spacial score (nSPS) is 10.2. The minimum absolute atomic E-state index is 0.854. The van der Waals surface area contributed by atoms with Gasteiger partial charge in [0.15, 0.2) is 0 Å². The lowest BCUT2D eigenvalue weighted by Gasteiger charge is -2.06. The molecule has 0 amide bonds. The lowest BCUT2D eigenvalue weighted by atomic mass is 10.3. The summed E-state index contributed by atoms with van der Waals surface area (Å²) in [6.07, 6.45) is 3.46. The monoisotopic (exact) mass is 216 g/mol. The summed E-state index contributed by atoms with van der Waals surface area (Å²) >= 11 is 0. The molecule has 3 nitrogen and oxygen atoms in total. The van der Waals surface area contributed by atoms with E-state index in [-0.39, 0.29) is 0 Å². The van der Waals surface area contributed by atoms with Crippen LogP contribution in [0.15, 0.2) is 53.3 Å². The average molecular weight is 216 g/mol. The first-order chi connectivity index (χ1) is 7.95. The minimum Gasteiger partial charge on any atom is -0.472 e. The fourth-order valence-electron chi connectivity index (χ4n) is 1.48. The maximum atomic E-state index is 4.99. The SMILES string of the molecule is c1ccc(NCCNCc2ccoc2)cc1. The van der Waals surface area contributed by atoms with Crippen molar-refractivity contribution in [2.45, 2.75) is 6.54 Å². The molecule has 0 unspecified atom stereocenters. The van der Waals surface area contributed by atoms with Crippen LogP contribution in [0.3, 0.4) is 0 Å². The second-order valence-electron chi connectivity index (χ2n) is 3.60. The molecular weight excluding hydrogens is 200 g/mol. The molecule has 1 aromatic carbocycles. The predicted octanol–water partition coefficient (Wildman–Crippen LogP) is 2.48. The molecule has 1 aromatic heterocycles. The Morgan fingerprint density at radius 2 is 1.88 bits per heavy atom. The number of nitrogens with one attached hydrogen (secondary N) is 2. The molecule has 0 saturated heterocycles. The van der Waals surface area contributed by atoms with Crippen LogP contribution in [0, 0.1) is 0 Å². The molecule has 2 rings (SSSR count). The number of hydrogen-bond acceptors (Lipinski definition) is 3. The second kappa shape index (κ2) is 5.98. The molecular formula is C13H16N2O.